The highest BCUT2D eigenvalue weighted by molar-refractivity contribution is 6.30. The van der Waals surface area contributed by atoms with Gasteiger partial charge in [-0.3, -0.25) is 9.89 Å². The van der Waals surface area contributed by atoms with Crippen LogP contribution in [-0.4, -0.2) is 63.4 Å². The number of hydrogen-bond acceptors (Lipinski definition) is 6. The molecule has 3 aromatic rings. The van der Waals surface area contributed by atoms with Crippen LogP contribution in [0.1, 0.15) is 44.2 Å². The van der Waals surface area contributed by atoms with Crippen molar-refractivity contribution >= 4 is 17.5 Å². The molecule has 1 aromatic carbocycles. The Hall–Kier alpha value is -2.97. The fourth-order valence-corrected chi connectivity index (χ4v) is 4.79. The second-order valence-electron chi connectivity index (χ2n) is 8.70. The SMILES string of the molecule is CCC(=O)N1CCC(c2[nH]nc(-c3ccc(Cl)cc3)c2-c2ccnc(OC3CCOC3)n2)CC1. The minimum atomic E-state index is -0.0322. The first kappa shape index (κ1) is 22.8. The largest absolute Gasteiger partial charge is 0.458 e. The summed E-state index contributed by atoms with van der Waals surface area (Å²) in [5.41, 5.74) is 4.49. The zero-order valence-electron chi connectivity index (χ0n) is 19.2. The lowest BCUT2D eigenvalue weighted by atomic mass is 9.88. The van der Waals surface area contributed by atoms with Crippen molar-refractivity contribution in [3.8, 4) is 28.5 Å². The predicted octanol–water partition coefficient (Wildman–Crippen LogP) is 4.47. The molecule has 178 valence electrons. The molecule has 1 N–H and O–H groups in total. The number of likely N-dealkylation sites (tertiary alicyclic amines) is 1. The van der Waals surface area contributed by atoms with Crippen LogP contribution in [0, 0.1) is 0 Å². The van der Waals surface area contributed by atoms with Gasteiger partial charge in [-0.05, 0) is 31.0 Å². The highest BCUT2D eigenvalue weighted by Crippen LogP contribution is 2.39. The minimum Gasteiger partial charge on any atom is -0.458 e. The summed E-state index contributed by atoms with van der Waals surface area (Å²) in [6.07, 6.45) is 4.80. The van der Waals surface area contributed by atoms with Gasteiger partial charge in [0.25, 0.3) is 0 Å². The summed E-state index contributed by atoms with van der Waals surface area (Å²) >= 11 is 6.13. The first-order chi connectivity index (χ1) is 16.6. The normalized spacial score (nSPS) is 18.9. The molecule has 9 heteroatoms. The van der Waals surface area contributed by atoms with E-state index < -0.39 is 0 Å². The number of aromatic amines is 1. The van der Waals surface area contributed by atoms with Crippen LogP contribution in [0.4, 0.5) is 0 Å². The van der Waals surface area contributed by atoms with E-state index >= 15 is 0 Å². The summed E-state index contributed by atoms with van der Waals surface area (Å²) in [5, 5.41) is 8.67. The highest BCUT2D eigenvalue weighted by Gasteiger charge is 2.29. The zero-order chi connectivity index (χ0) is 23.5. The van der Waals surface area contributed by atoms with Gasteiger partial charge in [-0.15, -0.1) is 0 Å². The molecule has 2 aromatic heterocycles. The summed E-state index contributed by atoms with van der Waals surface area (Å²) in [6, 6.07) is 9.87. The molecule has 2 saturated heterocycles. The second kappa shape index (κ2) is 10.1. The molecular formula is C25H28ClN5O3. The van der Waals surface area contributed by atoms with Gasteiger partial charge in [0.1, 0.15) is 11.8 Å². The van der Waals surface area contributed by atoms with Crippen molar-refractivity contribution in [3.63, 3.8) is 0 Å². The Kier molecular flexibility index (Phi) is 6.78. The van der Waals surface area contributed by atoms with Crippen molar-refractivity contribution in [2.75, 3.05) is 26.3 Å². The fraction of sp³-hybridized carbons (Fsp3) is 0.440. The molecule has 34 heavy (non-hydrogen) atoms. The van der Waals surface area contributed by atoms with Crippen molar-refractivity contribution in [1.29, 1.82) is 0 Å². The average molecular weight is 482 g/mol. The van der Waals surface area contributed by atoms with Crippen LogP contribution in [0.25, 0.3) is 22.5 Å². The molecule has 0 bridgehead atoms. The van der Waals surface area contributed by atoms with E-state index in [2.05, 4.69) is 10.1 Å². The van der Waals surface area contributed by atoms with Crippen LogP contribution in [-0.2, 0) is 9.53 Å². The summed E-state index contributed by atoms with van der Waals surface area (Å²) < 4.78 is 11.4. The van der Waals surface area contributed by atoms with Crippen LogP contribution in [0.5, 0.6) is 6.01 Å². The summed E-state index contributed by atoms with van der Waals surface area (Å²) in [6.45, 7) is 4.63. The molecule has 2 fully saturated rings. The number of carbonyl (C=O) groups excluding carboxylic acids is 1. The van der Waals surface area contributed by atoms with Gasteiger partial charge in [-0.1, -0.05) is 30.7 Å². The van der Waals surface area contributed by atoms with E-state index in [9.17, 15) is 4.79 Å². The van der Waals surface area contributed by atoms with Crippen LogP contribution < -0.4 is 4.74 Å². The molecule has 0 aliphatic carbocycles. The van der Waals surface area contributed by atoms with Gasteiger partial charge in [0.15, 0.2) is 0 Å². The molecule has 1 unspecified atom stereocenters. The number of nitrogens with one attached hydrogen (secondary N) is 1. The van der Waals surface area contributed by atoms with Gasteiger partial charge in [-0.25, -0.2) is 4.98 Å². The van der Waals surface area contributed by atoms with E-state index in [1.54, 1.807) is 6.20 Å². The van der Waals surface area contributed by atoms with Crippen molar-refractivity contribution in [1.82, 2.24) is 25.1 Å². The monoisotopic (exact) mass is 481 g/mol. The Morgan fingerprint density at radius 3 is 2.71 bits per heavy atom. The molecule has 0 radical (unpaired) electrons. The number of rotatable bonds is 6. The Morgan fingerprint density at radius 2 is 2.00 bits per heavy atom. The van der Waals surface area contributed by atoms with E-state index in [4.69, 9.17) is 31.2 Å². The van der Waals surface area contributed by atoms with Crippen LogP contribution in [0.3, 0.4) is 0 Å². The predicted molar refractivity (Wildman–Crippen MR) is 129 cm³/mol. The Morgan fingerprint density at radius 1 is 1.21 bits per heavy atom. The number of halogens is 1. The zero-order valence-corrected chi connectivity index (χ0v) is 19.9. The van der Waals surface area contributed by atoms with E-state index in [0.717, 1.165) is 60.6 Å². The van der Waals surface area contributed by atoms with E-state index in [1.165, 1.54) is 0 Å². The number of H-pyrrole nitrogens is 1. The van der Waals surface area contributed by atoms with Gasteiger partial charge in [0.2, 0.25) is 5.91 Å². The maximum atomic E-state index is 12.1. The standard InChI is InChI=1S/C25H28ClN5O3/c1-2-21(32)31-12-8-17(9-13-31)24-22(23(29-30-24)16-3-5-18(26)6-4-16)20-7-11-27-25(28-20)34-19-10-14-33-15-19/h3-7,11,17,19H,2,8-10,12-15H2,1H3,(H,29,30). The number of piperidine rings is 1. The molecule has 8 nitrogen and oxygen atoms in total. The van der Waals surface area contributed by atoms with Gasteiger partial charge in [0, 0.05) is 59.9 Å². The molecule has 1 atom stereocenters. The lowest BCUT2D eigenvalue weighted by Crippen LogP contribution is -2.37. The van der Waals surface area contributed by atoms with E-state index in [-0.39, 0.29) is 17.9 Å². The molecule has 5 rings (SSSR count). The number of hydrogen-bond donors (Lipinski definition) is 1. The van der Waals surface area contributed by atoms with Crippen LogP contribution in [0.15, 0.2) is 36.5 Å². The third kappa shape index (κ3) is 4.79. The number of aromatic nitrogens is 4. The Balaban J connectivity index is 1.50. The van der Waals surface area contributed by atoms with Gasteiger partial charge in [0.05, 0.1) is 18.9 Å². The maximum Gasteiger partial charge on any atom is 0.317 e. The first-order valence-corrected chi connectivity index (χ1v) is 12.2. The van der Waals surface area contributed by atoms with Crippen molar-refractivity contribution < 1.29 is 14.3 Å². The number of amides is 1. The summed E-state index contributed by atoms with van der Waals surface area (Å²) in [4.78, 5) is 23.2. The van der Waals surface area contributed by atoms with Crippen LogP contribution in [0.2, 0.25) is 5.02 Å². The topological polar surface area (TPSA) is 93.2 Å². The fourth-order valence-electron chi connectivity index (χ4n) is 4.66. The lowest BCUT2D eigenvalue weighted by Gasteiger charge is -2.31. The number of ether oxygens (including phenoxy) is 2. The third-order valence-corrected chi connectivity index (χ3v) is 6.77. The summed E-state index contributed by atoms with van der Waals surface area (Å²) in [5.74, 6) is 0.450. The molecule has 0 spiro atoms. The highest BCUT2D eigenvalue weighted by atomic mass is 35.5. The lowest BCUT2D eigenvalue weighted by molar-refractivity contribution is -0.131. The van der Waals surface area contributed by atoms with E-state index in [0.29, 0.717) is 30.7 Å². The molecule has 2 aliphatic rings. The molecule has 2 aliphatic heterocycles. The molecule has 4 heterocycles. The minimum absolute atomic E-state index is 0.0322. The smallest absolute Gasteiger partial charge is 0.317 e. The van der Waals surface area contributed by atoms with Crippen LogP contribution >= 0.6 is 11.6 Å². The Labute approximate surface area is 203 Å². The molecule has 0 saturated carbocycles. The summed E-state index contributed by atoms with van der Waals surface area (Å²) in [7, 11) is 0. The number of nitrogens with zero attached hydrogens (tertiary/aromatic N) is 4. The van der Waals surface area contributed by atoms with Gasteiger partial charge >= 0.3 is 6.01 Å². The Bertz CT molecular complexity index is 1140. The van der Waals surface area contributed by atoms with Crippen molar-refractivity contribution in [3.05, 3.63) is 47.2 Å². The third-order valence-electron chi connectivity index (χ3n) is 6.52. The van der Waals surface area contributed by atoms with Crippen molar-refractivity contribution in [2.45, 2.75) is 44.6 Å². The quantitative estimate of drug-likeness (QED) is 0.558. The maximum absolute atomic E-state index is 12.1. The van der Waals surface area contributed by atoms with E-state index in [1.807, 2.05) is 42.2 Å². The number of benzene rings is 1. The first-order valence-electron chi connectivity index (χ1n) is 11.8. The second-order valence-corrected chi connectivity index (χ2v) is 9.14. The molecular weight excluding hydrogens is 454 g/mol. The van der Waals surface area contributed by atoms with Gasteiger partial charge in [-0.2, -0.15) is 10.1 Å². The van der Waals surface area contributed by atoms with Gasteiger partial charge < -0.3 is 14.4 Å². The average Bonchev–Trinajstić information content (AvgIpc) is 3.54. The number of carbonyl (C=O) groups is 1. The van der Waals surface area contributed by atoms with Crippen molar-refractivity contribution in [2.24, 2.45) is 0 Å². The molecule has 1 amide bonds.